The molecule has 75 heavy (non-hydrogen) atoms. The van der Waals surface area contributed by atoms with Crippen molar-refractivity contribution in [3.8, 4) is 66.8 Å². The molecule has 2 heteroatoms. The highest BCUT2D eigenvalue weighted by Gasteiger charge is 2.23. The molecular weight excluding hydrogens is 905 g/mol. The van der Waals surface area contributed by atoms with Crippen LogP contribution in [0.15, 0.2) is 309 Å². The maximum absolute atomic E-state index is 2.41. The largest absolute Gasteiger partial charge is 0.311 e. The van der Waals surface area contributed by atoms with E-state index in [-0.39, 0.29) is 0 Å². The van der Waals surface area contributed by atoms with Crippen molar-refractivity contribution in [3.63, 3.8) is 0 Å². The van der Waals surface area contributed by atoms with E-state index < -0.39 is 0 Å². The van der Waals surface area contributed by atoms with Gasteiger partial charge < -0.3 is 9.80 Å². The first-order valence-corrected chi connectivity index (χ1v) is 26.0. The molecule has 0 saturated carbocycles. The summed E-state index contributed by atoms with van der Waals surface area (Å²) in [7, 11) is 0. The fraction of sp³-hybridized carbons (Fsp3) is 0.0411. The fourth-order valence-corrected chi connectivity index (χ4v) is 10.7. The maximum atomic E-state index is 2.41. The first-order valence-electron chi connectivity index (χ1n) is 26.0. The van der Waals surface area contributed by atoms with Gasteiger partial charge in [-0.05, 0) is 151 Å². The van der Waals surface area contributed by atoms with Crippen LogP contribution >= 0.6 is 0 Å². The van der Waals surface area contributed by atoms with Crippen molar-refractivity contribution in [2.24, 2.45) is 5.92 Å². The molecule has 2 unspecified atom stereocenters. The highest BCUT2D eigenvalue weighted by atomic mass is 15.1. The quantitative estimate of drug-likeness (QED) is 0.114. The van der Waals surface area contributed by atoms with Gasteiger partial charge >= 0.3 is 0 Å². The Balaban J connectivity index is 1.00. The Morgan fingerprint density at radius 2 is 0.533 bits per heavy atom. The molecule has 11 aromatic rings. The topological polar surface area (TPSA) is 6.48 Å². The van der Waals surface area contributed by atoms with Crippen LogP contribution in [0, 0.1) is 5.92 Å². The van der Waals surface area contributed by atoms with Crippen molar-refractivity contribution in [2.45, 2.75) is 12.8 Å². The average Bonchev–Trinajstić information content (AvgIpc) is 3.49. The molecule has 0 radical (unpaired) electrons. The first-order chi connectivity index (χ1) is 37.1. The smallest absolute Gasteiger partial charge is 0.0474 e. The minimum atomic E-state index is 0.346. The Morgan fingerprint density at radius 1 is 0.253 bits per heavy atom. The monoisotopic (exact) mass is 960 g/mol. The average molecular weight is 961 g/mol. The van der Waals surface area contributed by atoms with E-state index in [4.69, 9.17) is 0 Å². The molecule has 0 spiro atoms. The number of nitrogens with zero attached hydrogens (tertiary/aromatic N) is 2. The standard InChI is InChI=1S/C73H56N2/c1-53-19-17-18-30-70(53)62-37-47-65(48-38-62)74(64-41-31-57(32-42-64)54-20-7-2-8-21-54)66-49-39-63(40-50-66)73-71(60-26-13-5-14-27-60)51-69(52-72(73)61-28-15-6-16-29-61)75(67-43-33-58(34-44-67)55-22-9-3-10-23-55)68-45-35-59(36-46-68)56-24-11-4-12-25-56/h2-53,70H,1H3. The molecule has 0 saturated heterocycles. The third kappa shape index (κ3) is 9.90. The summed E-state index contributed by atoms with van der Waals surface area (Å²) >= 11 is 0. The molecule has 0 aliphatic heterocycles. The van der Waals surface area contributed by atoms with E-state index in [1.807, 2.05) is 0 Å². The zero-order chi connectivity index (χ0) is 50.3. The molecule has 11 aromatic carbocycles. The van der Waals surface area contributed by atoms with E-state index in [0.717, 1.165) is 61.9 Å². The second-order valence-corrected chi connectivity index (χ2v) is 19.4. The van der Waals surface area contributed by atoms with Crippen LogP contribution in [0.5, 0.6) is 0 Å². The van der Waals surface area contributed by atoms with Crippen molar-refractivity contribution in [1.82, 2.24) is 0 Å². The lowest BCUT2D eigenvalue weighted by Gasteiger charge is -2.29. The number of hydrogen-bond donors (Lipinski definition) is 0. The van der Waals surface area contributed by atoms with Crippen molar-refractivity contribution in [2.75, 3.05) is 9.80 Å². The van der Waals surface area contributed by atoms with E-state index in [1.54, 1.807) is 0 Å². The van der Waals surface area contributed by atoms with Crippen LogP contribution in [0.4, 0.5) is 34.1 Å². The van der Waals surface area contributed by atoms with Crippen LogP contribution in [0.2, 0.25) is 0 Å². The SMILES string of the molecule is CC1C=CC=CC1c1ccc(N(c2ccc(-c3ccccc3)cc2)c2ccc(-c3c(-c4ccccc4)cc(N(c4ccc(-c5ccccc5)cc4)c4ccc(-c5ccccc5)cc4)cc3-c3ccccc3)cc2)cc1. The van der Waals surface area contributed by atoms with Crippen molar-refractivity contribution in [1.29, 1.82) is 0 Å². The molecule has 2 nitrogen and oxygen atoms in total. The van der Waals surface area contributed by atoms with Gasteiger partial charge in [0.15, 0.2) is 0 Å². The molecule has 0 fully saturated rings. The molecular formula is C73H56N2. The summed E-state index contributed by atoms with van der Waals surface area (Å²) in [5, 5.41) is 0. The second-order valence-electron chi connectivity index (χ2n) is 19.4. The Labute approximate surface area is 442 Å². The zero-order valence-corrected chi connectivity index (χ0v) is 42.0. The third-order valence-electron chi connectivity index (χ3n) is 14.6. The van der Waals surface area contributed by atoms with Crippen molar-refractivity contribution >= 4 is 34.1 Å². The van der Waals surface area contributed by atoms with Gasteiger partial charge in [0.05, 0.1) is 0 Å². The molecule has 358 valence electrons. The zero-order valence-electron chi connectivity index (χ0n) is 42.0. The van der Waals surface area contributed by atoms with Gasteiger partial charge in [-0.25, -0.2) is 0 Å². The van der Waals surface area contributed by atoms with Crippen LogP contribution < -0.4 is 9.80 Å². The lowest BCUT2D eigenvalue weighted by molar-refractivity contribution is 0.635. The molecule has 2 atom stereocenters. The predicted molar refractivity (Wildman–Crippen MR) is 319 cm³/mol. The number of benzene rings is 11. The summed E-state index contributed by atoms with van der Waals surface area (Å²) in [6, 6.07) is 104. The lowest BCUT2D eigenvalue weighted by atomic mass is 9.84. The summed E-state index contributed by atoms with van der Waals surface area (Å²) in [6.07, 6.45) is 8.95. The minimum Gasteiger partial charge on any atom is -0.311 e. The molecule has 0 N–H and O–H groups in total. The Hall–Kier alpha value is -9.50. The number of rotatable bonds is 13. The van der Waals surface area contributed by atoms with E-state index in [9.17, 15) is 0 Å². The van der Waals surface area contributed by atoms with E-state index in [0.29, 0.717) is 11.8 Å². The van der Waals surface area contributed by atoms with Gasteiger partial charge in [0.1, 0.15) is 0 Å². The Bertz CT molecular complexity index is 3560. The van der Waals surface area contributed by atoms with Gasteiger partial charge in [-0.2, -0.15) is 0 Å². The maximum Gasteiger partial charge on any atom is 0.0474 e. The van der Waals surface area contributed by atoms with Crippen LogP contribution in [0.25, 0.3) is 66.8 Å². The van der Waals surface area contributed by atoms with Gasteiger partial charge in [0, 0.05) is 40.0 Å². The van der Waals surface area contributed by atoms with Gasteiger partial charge in [0.25, 0.3) is 0 Å². The van der Waals surface area contributed by atoms with Gasteiger partial charge in [-0.1, -0.05) is 244 Å². The normalized spacial score (nSPS) is 13.8. The summed E-state index contributed by atoms with van der Waals surface area (Å²) < 4.78 is 0. The molecule has 0 amide bonds. The van der Waals surface area contributed by atoms with Crippen LogP contribution in [0.1, 0.15) is 18.4 Å². The molecule has 1 aliphatic rings. The van der Waals surface area contributed by atoms with Gasteiger partial charge in [-0.3, -0.25) is 0 Å². The Kier molecular flexibility index (Phi) is 13.2. The third-order valence-corrected chi connectivity index (χ3v) is 14.6. The van der Waals surface area contributed by atoms with Gasteiger partial charge in [-0.15, -0.1) is 0 Å². The van der Waals surface area contributed by atoms with E-state index in [1.165, 1.54) is 44.5 Å². The Morgan fingerprint density at radius 3 is 0.880 bits per heavy atom. The van der Waals surface area contributed by atoms with Crippen LogP contribution in [-0.4, -0.2) is 0 Å². The fourth-order valence-electron chi connectivity index (χ4n) is 10.7. The highest BCUT2D eigenvalue weighted by Crippen LogP contribution is 2.48. The summed E-state index contributed by atoms with van der Waals surface area (Å²) in [5.74, 6) is 0.782. The molecule has 0 aromatic heterocycles. The first kappa shape index (κ1) is 46.6. The predicted octanol–water partition coefficient (Wildman–Crippen LogP) is 20.5. The minimum absolute atomic E-state index is 0.346. The molecule has 1 aliphatic carbocycles. The summed E-state index contributed by atoms with van der Waals surface area (Å²) in [5.41, 5.74) is 21.8. The number of allylic oxidation sites excluding steroid dienone is 4. The van der Waals surface area contributed by atoms with Gasteiger partial charge in [0.2, 0.25) is 0 Å². The number of anilines is 6. The highest BCUT2D eigenvalue weighted by molar-refractivity contribution is 5.99. The summed E-state index contributed by atoms with van der Waals surface area (Å²) in [6.45, 7) is 2.30. The van der Waals surface area contributed by atoms with E-state index >= 15 is 0 Å². The second kappa shape index (κ2) is 21.3. The van der Waals surface area contributed by atoms with Crippen LogP contribution in [0.3, 0.4) is 0 Å². The van der Waals surface area contributed by atoms with Crippen molar-refractivity contribution < 1.29 is 0 Å². The van der Waals surface area contributed by atoms with Crippen molar-refractivity contribution in [3.05, 3.63) is 315 Å². The molecule has 12 rings (SSSR count). The molecule has 0 heterocycles. The summed E-state index contributed by atoms with van der Waals surface area (Å²) in [4.78, 5) is 4.79. The molecule has 0 bridgehead atoms. The number of hydrogen-bond acceptors (Lipinski definition) is 2. The van der Waals surface area contributed by atoms with Crippen LogP contribution in [-0.2, 0) is 0 Å². The lowest BCUT2D eigenvalue weighted by Crippen LogP contribution is -2.11. The van der Waals surface area contributed by atoms with E-state index in [2.05, 4.69) is 326 Å².